The van der Waals surface area contributed by atoms with Gasteiger partial charge in [-0.15, -0.1) is 0 Å². The van der Waals surface area contributed by atoms with Gasteiger partial charge in [0.1, 0.15) is 13.2 Å². The van der Waals surface area contributed by atoms with E-state index >= 15 is 0 Å². The minimum atomic E-state index is -0.772. The standard InChI is InChI=1S/C77H146O6/c1-4-7-10-13-16-19-22-25-28-31-33-35-36-37-38-39-40-41-42-44-46-49-52-55-58-61-64-67-70-76(79)82-73-74(72-81-75(78)69-66-63-60-57-54-51-48-45-30-27-24-21-18-15-12-9-6-3)83-77(80)71-68-65-62-59-56-53-50-47-43-34-32-29-26-23-20-17-14-11-8-5-2/h18,21,27,30,74H,4-17,19-20,22-26,28-29,31-73H2,1-3H3/b21-18-,30-27-. The number of unbranched alkanes of at least 4 members (excludes halogenated alkanes) is 56. The van der Waals surface area contributed by atoms with Gasteiger partial charge in [0.05, 0.1) is 0 Å². The van der Waals surface area contributed by atoms with Crippen molar-refractivity contribution in [3.05, 3.63) is 24.3 Å². The summed E-state index contributed by atoms with van der Waals surface area (Å²) in [5.41, 5.74) is 0. The molecule has 0 aliphatic carbocycles. The molecule has 0 saturated heterocycles. The van der Waals surface area contributed by atoms with E-state index in [1.807, 2.05) is 0 Å². The molecule has 0 saturated carbocycles. The summed E-state index contributed by atoms with van der Waals surface area (Å²) in [4.78, 5) is 38.5. The normalized spacial score (nSPS) is 12.1. The first-order chi connectivity index (χ1) is 41.0. The first-order valence-corrected chi connectivity index (χ1v) is 37.8. The van der Waals surface area contributed by atoms with Gasteiger partial charge in [-0.25, -0.2) is 0 Å². The van der Waals surface area contributed by atoms with Gasteiger partial charge in [0.25, 0.3) is 0 Å². The van der Waals surface area contributed by atoms with E-state index in [1.165, 1.54) is 321 Å². The molecule has 0 radical (unpaired) electrons. The van der Waals surface area contributed by atoms with Crippen molar-refractivity contribution in [2.75, 3.05) is 13.2 Å². The molecule has 0 aromatic rings. The number of carbonyl (C=O) groups excluding carboxylic acids is 3. The quantitative estimate of drug-likeness (QED) is 0.0261. The zero-order chi connectivity index (χ0) is 59.9. The molecular formula is C77H146O6. The number of esters is 3. The van der Waals surface area contributed by atoms with Gasteiger partial charge < -0.3 is 14.2 Å². The summed E-state index contributed by atoms with van der Waals surface area (Å²) in [6, 6.07) is 0. The van der Waals surface area contributed by atoms with Crippen LogP contribution in [0.3, 0.4) is 0 Å². The predicted octanol–water partition coefficient (Wildman–Crippen LogP) is 26.1. The molecule has 0 fully saturated rings. The summed E-state index contributed by atoms with van der Waals surface area (Å²) < 4.78 is 17.0. The van der Waals surface area contributed by atoms with Gasteiger partial charge in [-0.1, -0.05) is 385 Å². The Morgan fingerprint density at radius 3 is 0.687 bits per heavy atom. The van der Waals surface area contributed by atoms with Crippen LogP contribution < -0.4 is 0 Å². The van der Waals surface area contributed by atoms with Gasteiger partial charge in [0.2, 0.25) is 0 Å². The van der Waals surface area contributed by atoms with Crippen LogP contribution in [0.25, 0.3) is 0 Å². The van der Waals surface area contributed by atoms with Crippen LogP contribution in [0.5, 0.6) is 0 Å². The smallest absolute Gasteiger partial charge is 0.306 e. The van der Waals surface area contributed by atoms with Crippen LogP contribution in [-0.4, -0.2) is 37.2 Å². The monoisotopic (exact) mass is 1170 g/mol. The Hall–Kier alpha value is -2.11. The molecule has 6 heteroatoms. The fraction of sp³-hybridized carbons (Fsp3) is 0.909. The van der Waals surface area contributed by atoms with E-state index in [0.29, 0.717) is 19.3 Å². The lowest BCUT2D eigenvalue weighted by molar-refractivity contribution is -0.167. The minimum Gasteiger partial charge on any atom is -0.462 e. The molecular weight excluding hydrogens is 1020 g/mol. The van der Waals surface area contributed by atoms with Crippen molar-refractivity contribution in [2.45, 2.75) is 438 Å². The largest absolute Gasteiger partial charge is 0.462 e. The number of hydrogen-bond acceptors (Lipinski definition) is 6. The van der Waals surface area contributed by atoms with E-state index in [-0.39, 0.29) is 31.1 Å². The maximum Gasteiger partial charge on any atom is 0.306 e. The van der Waals surface area contributed by atoms with Crippen molar-refractivity contribution < 1.29 is 28.6 Å². The third-order valence-corrected chi connectivity index (χ3v) is 17.5. The fourth-order valence-corrected chi connectivity index (χ4v) is 11.8. The highest BCUT2D eigenvalue weighted by atomic mass is 16.6. The van der Waals surface area contributed by atoms with Crippen molar-refractivity contribution in [3.63, 3.8) is 0 Å². The average molecular weight is 1170 g/mol. The maximum absolute atomic E-state index is 13.0. The molecule has 0 bridgehead atoms. The molecule has 490 valence electrons. The van der Waals surface area contributed by atoms with Gasteiger partial charge in [0, 0.05) is 19.3 Å². The number of allylic oxidation sites excluding steroid dienone is 4. The number of hydrogen-bond donors (Lipinski definition) is 0. The number of carbonyl (C=O) groups is 3. The van der Waals surface area contributed by atoms with E-state index in [2.05, 4.69) is 45.1 Å². The summed E-state index contributed by atoms with van der Waals surface area (Å²) in [6.45, 7) is 6.71. The molecule has 0 aliphatic heterocycles. The van der Waals surface area contributed by atoms with Gasteiger partial charge in [-0.2, -0.15) is 0 Å². The minimum absolute atomic E-state index is 0.0669. The molecule has 0 aromatic heterocycles. The molecule has 83 heavy (non-hydrogen) atoms. The van der Waals surface area contributed by atoms with Gasteiger partial charge >= 0.3 is 17.9 Å². The van der Waals surface area contributed by atoms with Crippen LogP contribution in [-0.2, 0) is 28.6 Å². The molecule has 1 atom stereocenters. The van der Waals surface area contributed by atoms with Crippen LogP contribution >= 0.6 is 0 Å². The van der Waals surface area contributed by atoms with Crippen LogP contribution in [0, 0.1) is 0 Å². The van der Waals surface area contributed by atoms with Crippen LogP contribution in [0.1, 0.15) is 432 Å². The zero-order valence-corrected chi connectivity index (χ0v) is 56.5. The van der Waals surface area contributed by atoms with Crippen molar-refractivity contribution in [3.8, 4) is 0 Å². The van der Waals surface area contributed by atoms with E-state index in [1.54, 1.807) is 0 Å². The average Bonchev–Trinajstić information content (AvgIpc) is 3.49. The summed E-state index contributed by atoms with van der Waals surface area (Å²) in [6.07, 6.45) is 89.4. The number of rotatable bonds is 71. The summed E-state index contributed by atoms with van der Waals surface area (Å²) in [5, 5.41) is 0. The Kier molecular flexibility index (Phi) is 70.5. The summed E-state index contributed by atoms with van der Waals surface area (Å²) in [7, 11) is 0. The zero-order valence-electron chi connectivity index (χ0n) is 56.5. The third kappa shape index (κ3) is 70.5. The molecule has 0 aromatic carbocycles. The summed E-state index contributed by atoms with van der Waals surface area (Å²) >= 11 is 0. The van der Waals surface area contributed by atoms with E-state index in [0.717, 1.165) is 70.6 Å². The first-order valence-electron chi connectivity index (χ1n) is 37.8. The highest BCUT2D eigenvalue weighted by Crippen LogP contribution is 2.20. The molecule has 0 spiro atoms. The van der Waals surface area contributed by atoms with Crippen molar-refractivity contribution in [1.29, 1.82) is 0 Å². The highest BCUT2D eigenvalue weighted by molar-refractivity contribution is 5.71. The van der Waals surface area contributed by atoms with Crippen LogP contribution in [0.2, 0.25) is 0 Å². The molecule has 0 N–H and O–H groups in total. The molecule has 0 amide bonds. The second kappa shape index (κ2) is 72.4. The second-order valence-electron chi connectivity index (χ2n) is 25.9. The van der Waals surface area contributed by atoms with Crippen molar-refractivity contribution in [1.82, 2.24) is 0 Å². The Balaban J connectivity index is 4.22. The lowest BCUT2D eigenvalue weighted by Crippen LogP contribution is -2.30. The van der Waals surface area contributed by atoms with Gasteiger partial charge in [-0.3, -0.25) is 14.4 Å². The van der Waals surface area contributed by atoms with E-state index in [4.69, 9.17) is 14.2 Å². The highest BCUT2D eigenvalue weighted by Gasteiger charge is 2.20. The molecule has 0 aliphatic rings. The first kappa shape index (κ1) is 80.9. The Morgan fingerprint density at radius 1 is 0.241 bits per heavy atom. The van der Waals surface area contributed by atoms with Gasteiger partial charge in [-0.05, 0) is 51.4 Å². The summed E-state index contributed by atoms with van der Waals surface area (Å²) in [5.74, 6) is -0.838. The number of ether oxygens (including phenoxy) is 3. The fourth-order valence-electron chi connectivity index (χ4n) is 11.8. The predicted molar refractivity (Wildman–Crippen MR) is 363 cm³/mol. The second-order valence-corrected chi connectivity index (χ2v) is 25.9. The van der Waals surface area contributed by atoms with E-state index < -0.39 is 6.10 Å². The van der Waals surface area contributed by atoms with Crippen LogP contribution in [0.15, 0.2) is 24.3 Å². The third-order valence-electron chi connectivity index (χ3n) is 17.5. The molecule has 0 heterocycles. The lowest BCUT2D eigenvalue weighted by Gasteiger charge is -2.18. The molecule has 6 nitrogen and oxygen atoms in total. The van der Waals surface area contributed by atoms with Crippen LogP contribution in [0.4, 0.5) is 0 Å². The molecule has 1 unspecified atom stereocenters. The van der Waals surface area contributed by atoms with Crippen molar-refractivity contribution >= 4 is 17.9 Å². The maximum atomic E-state index is 13.0. The lowest BCUT2D eigenvalue weighted by atomic mass is 10.0. The van der Waals surface area contributed by atoms with E-state index in [9.17, 15) is 14.4 Å². The SMILES string of the molecule is CCCCC/C=C\C/C=C\CCCCCCCCCC(=O)OCC(COC(=O)CCCCCCCCCCCCCCCCCCCCCCCCCCCCCC)OC(=O)CCCCCCCCCCCCCCCCCCCCCC. The Labute approximate surface area is 519 Å². The van der Waals surface area contributed by atoms with Crippen molar-refractivity contribution in [2.24, 2.45) is 0 Å². The molecule has 0 rings (SSSR count). The van der Waals surface area contributed by atoms with Gasteiger partial charge in [0.15, 0.2) is 6.10 Å². The Morgan fingerprint density at radius 2 is 0.434 bits per heavy atom. The topological polar surface area (TPSA) is 78.9 Å². The Bertz CT molecular complexity index is 1340.